The van der Waals surface area contributed by atoms with Crippen LogP contribution in [0.1, 0.15) is 24.8 Å². The molecule has 0 radical (unpaired) electrons. The van der Waals surface area contributed by atoms with Crippen molar-refractivity contribution in [2.45, 2.75) is 31.7 Å². The molecule has 2 fully saturated rings. The minimum absolute atomic E-state index is 0. The molecule has 0 bridgehead atoms. The van der Waals surface area contributed by atoms with Gasteiger partial charge in [0.15, 0.2) is 5.96 Å². The first-order valence-corrected chi connectivity index (χ1v) is 10.7. The molecule has 1 atom stereocenters. The van der Waals surface area contributed by atoms with Crippen LogP contribution in [0.15, 0.2) is 29.4 Å². The summed E-state index contributed by atoms with van der Waals surface area (Å²) in [5.74, 6) is 1.36. The molecule has 4 rings (SSSR count). The molecule has 1 aromatic carbocycles. The fourth-order valence-electron chi connectivity index (χ4n) is 4.41. The number of nitrogens with zero attached hydrogens (tertiary/aromatic N) is 2. The standard InChI is InChI=1S/C22H32FN5O.HI/c1-24-22(25-8-4-17-13-26-21-3-2-18(23)12-20(17)21)27-19-5-9-28(10-6-19)14-16-7-11-29-15-16;/h2-3,12-13,16,19,26H,4-11,14-15H2,1H3,(H2,24,25,27);1H. The van der Waals surface area contributed by atoms with Crippen LogP contribution < -0.4 is 10.6 Å². The van der Waals surface area contributed by atoms with Crippen molar-refractivity contribution in [1.82, 2.24) is 20.5 Å². The van der Waals surface area contributed by atoms with Crippen LogP contribution in [0.25, 0.3) is 10.9 Å². The van der Waals surface area contributed by atoms with E-state index in [-0.39, 0.29) is 29.8 Å². The lowest BCUT2D eigenvalue weighted by Crippen LogP contribution is -2.49. The van der Waals surface area contributed by atoms with Crippen LogP contribution >= 0.6 is 24.0 Å². The molecule has 2 aliphatic heterocycles. The van der Waals surface area contributed by atoms with Crippen LogP contribution in [-0.4, -0.2) is 68.3 Å². The highest BCUT2D eigenvalue weighted by Gasteiger charge is 2.24. The highest BCUT2D eigenvalue weighted by Crippen LogP contribution is 2.20. The number of likely N-dealkylation sites (tertiary alicyclic amines) is 1. The van der Waals surface area contributed by atoms with Crippen molar-refractivity contribution >= 4 is 40.8 Å². The summed E-state index contributed by atoms with van der Waals surface area (Å²) in [6.45, 7) is 6.04. The van der Waals surface area contributed by atoms with Gasteiger partial charge in [-0.05, 0) is 55.4 Å². The summed E-state index contributed by atoms with van der Waals surface area (Å²) in [5.41, 5.74) is 2.09. The van der Waals surface area contributed by atoms with Crippen molar-refractivity contribution in [2.24, 2.45) is 10.9 Å². The van der Waals surface area contributed by atoms with E-state index in [9.17, 15) is 4.39 Å². The molecular formula is C22H33FIN5O. The number of fused-ring (bicyclic) bond motifs is 1. The van der Waals surface area contributed by atoms with Crippen LogP contribution in [0, 0.1) is 11.7 Å². The maximum Gasteiger partial charge on any atom is 0.191 e. The smallest absolute Gasteiger partial charge is 0.191 e. The zero-order valence-corrected chi connectivity index (χ0v) is 20.0. The lowest BCUT2D eigenvalue weighted by atomic mass is 10.0. The van der Waals surface area contributed by atoms with E-state index >= 15 is 0 Å². The lowest BCUT2D eigenvalue weighted by molar-refractivity contribution is 0.150. The van der Waals surface area contributed by atoms with Crippen LogP contribution in [0.2, 0.25) is 0 Å². The minimum Gasteiger partial charge on any atom is -0.381 e. The average molecular weight is 529 g/mol. The van der Waals surface area contributed by atoms with E-state index in [4.69, 9.17) is 4.74 Å². The Kier molecular flexibility index (Phi) is 8.76. The number of H-pyrrole nitrogens is 1. The summed E-state index contributed by atoms with van der Waals surface area (Å²) in [7, 11) is 1.81. The molecule has 30 heavy (non-hydrogen) atoms. The largest absolute Gasteiger partial charge is 0.381 e. The van der Waals surface area contributed by atoms with E-state index in [1.165, 1.54) is 19.0 Å². The van der Waals surface area contributed by atoms with Gasteiger partial charge in [0.25, 0.3) is 0 Å². The van der Waals surface area contributed by atoms with Gasteiger partial charge < -0.3 is 25.3 Å². The van der Waals surface area contributed by atoms with Crippen molar-refractivity contribution in [3.8, 4) is 0 Å². The van der Waals surface area contributed by atoms with E-state index < -0.39 is 0 Å². The van der Waals surface area contributed by atoms with Crippen molar-refractivity contribution in [3.63, 3.8) is 0 Å². The first kappa shape index (κ1) is 23.3. The number of ether oxygens (including phenoxy) is 1. The van der Waals surface area contributed by atoms with Gasteiger partial charge in [-0.15, -0.1) is 24.0 Å². The third kappa shape index (κ3) is 6.07. The number of guanidine groups is 1. The van der Waals surface area contributed by atoms with Crippen LogP contribution in [0.3, 0.4) is 0 Å². The van der Waals surface area contributed by atoms with Gasteiger partial charge in [-0.2, -0.15) is 0 Å². The first-order valence-electron chi connectivity index (χ1n) is 10.7. The summed E-state index contributed by atoms with van der Waals surface area (Å²) < 4.78 is 19.0. The third-order valence-corrected chi connectivity index (χ3v) is 6.11. The Morgan fingerprint density at radius 2 is 2.13 bits per heavy atom. The van der Waals surface area contributed by atoms with Crippen LogP contribution in [0.5, 0.6) is 0 Å². The second kappa shape index (κ2) is 11.3. The summed E-state index contributed by atoms with van der Waals surface area (Å²) in [4.78, 5) is 10.2. The maximum atomic E-state index is 13.5. The van der Waals surface area contributed by atoms with E-state index in [1.54, 1.807) is 12.1 Å². The Bertz CT molecular complexity index is 828. The Morgan fingerprint density at radius 3 is 2.87 bits per heavy atom. The first-order chi connectivity index (χ1) is 14.2. The van der Waals surface area contributed by atoms with E-state index in [1.807, 2.05) is 13.2 Å². The average Bonchev–Trinajstić information content (AvgIpc) is 3.38. The summed E-state index contributed by atoms with van der Waals surface area (Å²) in [5, 5.41) is 7.92. The molecule has 3 heterocycles. The molecule has 2 aliphatic rings. The van der Waals surface area contributed by atoms with Gasteiger partial charge in [0.2, 0.25) is 0 Å². The molecule has 0 spiro atoms. The number of aromatic amines is 1. The number of nitrogens with one attached hydrogen (secondary N) is 3. The Labute approximate surface area is 195 Å². The number of piperidine rings is 1. The number of benzene rings is 1. The number of aromatic nitrogens is 1. The normalized spacial score (nSPS) is 21.0. The monoisotopic (exact) mass is 529 g/mol. The molecule has 6 nitrogen and oxygen atoms in total. The number of aliphatic imine (C=N–C) groups is 1. The second-order valence-corrected chi connectivity index (χ2v) is 8.20. The van der Waals surface area contributed by atoms with Gasteiger partial charge in [-0.1, -0.05) is 0 Å². The number of hydrogen-bond acceptors (Lipinski definition) is 3. The number of rotatable bonds is 6. The zero-order valence-electron chi connectivity index (χ0n) is 17.6. The van der Waals surface area contributed by atoms with Crippen molar-refractivity contribution in [1.29, 1.82) is 0 Å². The van der Waals surface area contributed by atoms with Gasteiger partial charge in [0.1, 0.15) is 5.82 Å². The third-order valence-electron chi connectivity index (χ3n) is 6.11. The molecule has 1 aromatic heterocycles. The highest BCUT2D eigenvalue weighted by atomic mass is 127. The van der Waals surface area contributed by atoms with Crippen LogP contribution in [0.4, 0.5) is 4.39 Å². The molecule has 2 aromatic rings. The minimum atomic E-state index is -0.199. The molecule has 166 valence electrons. The summed E-state index contributed by atoms with van der Waals surface area (Å²) in [6, 6.07) is 5.33. The number of hydrogen-bond donors (Lipinski definition) is 3. The molecule has 0 aliphatic carbocycles. The summed E-state index contributed by atoms with van der Waals surface area (Å²) >= 11 is 0. The SMILES string of the molecule is CN=C(NCCc1c[nH]c2ccc(F)cc12)NC1CCN(CC2CCOC2)CC1.I. The van der Waals surface area contributed by atoms with Gasteiger partial charge in [-0.25, -0.2) is 4.39 Å². The fraction of sp³-hybridized carbons (Fsp3) is 0.591. The van der Waals surface area contributed by atoms with E-state index in [0.717, 1.165) is 74.5 Å². The lowest BCUT2D eigenvalue weighted by Gasteiger charge is -2.34. The Balaban J connectivity index is 0.00000256. The van der Waals surface area contributed by atoms with E-state index in [2.05, 4.69) is 25.5 Å². The molecule has 8 heteroatoms. The second-order valence-electron chi connectivity index (χ2n) is 8.20. The van der Waals surface area contributed by atoms with Gasteiger partial charge >= 0.3 is 0 Å². The molecule has 3 N–H and O–H groups in total. The number of halogens is 2. The fourth-order valence-corrected chi connectivity index (χ4v) is 4.41. The zero-order chi connectivity index (χ0) is 20.1. The molecular weight excluding hydrogens is 496 g/mol. The molecule has 0 saturated carbocycles. The Hall–Kier alpha value is -1.39. The highest BCUT2D eigenvalue weighted by molar-refractivity contribution is 14.0. The summed E-state index contributed by atoms with van der Waals surface area (Å²) in [6.07, 6.45) is 6.25. The van der Waals surface area contributed by atoms with Gasteiger partial charge in [0, 0.05) is 63.0 Å². The predicted molar refractivity (Wildman–Crippen MR) is 130 cm³/mol. The Morgan fingerprint density at radius 1 is 1.30 bits per heavy atom. The predicted octanol–water partition coefficient (Wildman–Crippen LogP) is 3.13. The van der Waals surface area contributed by atoms with Crippen LogP contribution in [-0.2, 0) is 11.2 Å². The maximum absolute atomic E-state index is 13.5. The van der Waals surface area contributed by atoms with Crippen molar-refractivity contribution in [2.75, 3.05) is 46.4 Å². The van der Waals surface area contributed by atoms with E-state index in [0.29, 0.717) is 12.0 Å². The van der Waals surface area contributed by atoms with Crippen molar-refractivity contribution in [3.05, 3.63) is 35.8 Å². The van der Waals surface area contributed by atoms with Gasteiger partial charge in [0.05, 0.1) is 6.61 Å². The quantitative estimate of drug-likeness (QED) is 0.306. The molecule has 0 amide bonds. The van der Waals surface area contributed by atoms with Crippen molar-refractivity contribution < 1.29 is 9.13 Å². The molecule has 1 unspecified atom stereocenters. The topological polar surface area (TPSA) is 64.7 Å². The van der Waals surface area contributed by atoms with Gasteiger partial charge in [-0.3, -0.25) is 4.99 Å². The molecule has 2 saturated heterocycles.